The van der Waals surface area contributed by atoms with Crippen molar-refractivity contribution in [1.82, 2.24) is 0 Å². The molecule has 2 N–H and O–H groups in total. The maximum absolute atomic E-state index is 6.36. The van der Waals surface area contributed by atoms with Gasteiger partial charge in [-0.1, -0.05) is 35.4 Å². The summed E-state index contributed by atoms with van der Waals surface area (Å²) in [6, 6.07) is 13.0. The van der Waals surface area contributed by atoms with Crippen LogP contribution in [0.5, 0.6) is 5.75 Å². The summed E-state index contributed by atoms with van der Waals surface area (Å²) in [6.45, 7) is 2.02. The van der Waals surface area contributed by atoms with Crippen molar-refractivity contribution in [2.75, 3.05) is 7.11 Å². The molecule has 3 nitrogen and oxygen atoms in total. The number of nitrogens with two attached hydrogens (primary N) is 1. The first-order valence-corrected chi connectivity index (χ1v) is 7.06. The van der Waals surface area contributed by atoms with E-state index in [0.717, 1.165) is 27.8 Å². The molecule has 1 heterocycles. The first kappa shape index (κ1) is 14.0. The van der Waals surface area contributed by atoms with Crippen LogP contribution in [0.2, 0.25) is 5.02 Å². The molecule has 1 atom stereocenters. The van der Waals surface area contributed by atoms with Crippen LogP contribution in [0.3, 0.4) is 0 Å². The molecule has 0 saturated heterocycles. The Hall–Kier alpha value is -1.97. The third-order valence-electron chi connectivity index (χ3n) is 3.55. The number of methoxy groups -OCH3 is 1. The first-order valence-electron chi connectivity index (χ1n) is 6.68. The maximum Gasteiger partial charge on any atom is 0.135 e. The van der Waals surface area contributed by atoms with Crippen molar-refractivity contribution in [3.63, 3.8) is 0 Å². The van der Waals surface area contributed by atoms with Gasteiger partial charge in [-0.25, -0.2) is 0 Å². The van der Waals surface area contributed by atoms with Gasteiger partial charge >= 0.3 is 0 Å². The van der Waals surface area contributed by atoms with Gasteiger partial charge < -0.3 is 14.9 Å². The molecule has 2 aromatic carbocycles. The van der Waals surface area contributed by atoms with Crippen molar-refractivity contribution in [3.8, 4) is 5.75 Å². The quantitative estimate of drug-likeness (QED) is 0.777. The number of hydrogen-bond acceptors (Lipinski definition) is 3. The lowest BCUT2D eigenvalue weighted by atomic mass is 10.0. The van der Waals surface area contributed by atoms with Crippen LogP contribution in [0.25, 0.3) is 11.0 Å². The SMILES string of the molecule is COc1ccc(C)cc1C(N)c1cc2c(Cl)cccc2o1. The molecule has 21 heavy (non-hydrogen) atoms. The number of furan rings is 1. The lowest BCUT2D eigenvalue weighted by molar-refractivity contribution is 0.404. The van der Waals surface area contributed by atoms with Crippen LogP contribution in [-0.4, -0.2) is 7.11 Å². The van der Waals surface area contributed by atoms with E-state index in [1.165, 1.54) is 0 Å². The molecule has 0 aliphatic rings. The van der Waals surface area contributed by atoms with Crippen LogP contribution in [0.1, 0.15) is 22.9 Å². The summed E-state index contributed by atoms with van der Waals surface area (Å²) >= 11 is 6.18. The van der Waals surface area contributed by atoms with E-state index in [4.69, 9.17) is 26.5 Å². The maximum atomic E-state index is 6.36. The molecular formula is C17H16ClNO2. The van der Waals surface area contributed by atoms with Crippen LogP contribution < -0.4 is 10.5 Å². The molecule has 1 unspecified atom stereocenters. The smallest absolute Gasteiger partial charge is 0.135 e. The minimum atomic E-state index is -0.400. The molecule has 108 valence electrons. The van der Waals surface area contributed by atoms with E-state index < -0.39 is 6.04 Å². The van der Waals surface area contributed by atoms with Crippen LogP contribution in [0.4, 0.5) is 0 Å². The standard InChI is InChI=1S/C17H16ClNO2/c1-10-6-7-14(20-2)12(8-10)17(19)16-9-11-13(18)4-3-5-15(11)21-16/h3-9,17H,19H2,1-2H3. The zero-order valence-electron chi connectivity index (χ0n) is 11.9. The summed E-state index contributed by atoms with van der Waals surface area (Å²) in [4.78, 5) is 0. The predicted molar refractivity (Wildman–Crippen MR) is 85.0 cm³/mol. The number of benzene rings is 2. The number of fused-ring (bicyclic) bond motifs is 1. The minimum absolute atomic E-state index is 0.400. The fourth-order valence-corrected chi connectivity index (χ4v) is 2.67. The highest BCUT2D eigenvalue weighted by Gasteiger charge is 2.19. The molecule has 0 radical (unpaired) electrons. The Bertz CT molecular complexity index is 795. The Morgan fingerprint density at radius 2 is 2.00 bits per heavy atom. The van der Waals surface area contributed by atoms with E-state index >= 15 is 0 Å². The third kappa shape index (κ3) is 2.50. The molecule has 4 heteroatoms. The molecule has 1 aromatic heterocycles. The summed E-state index contributed by atoms with van der Waals surface area (Å²) in [5, 5.41) is 1.53. The largest absolute Gasteiger partial charge is 0.496 e. The van der Waals surface area contributed by atoms with E-state index in [9.17, 15) is 0 Å². The van der Waals surface area contributed by atoms with Gasteiger partial charge in [-0.2, -0.15) is 0 Å². The van der Waals surface area contributed by atoms with Gasteiger partial charge in [-0.05, 0) is 31.2 Å². The number of aryl methyl sites for hydroxylation is 1. The van der Waals surface area contributed by atoms with Gasteiger partial charge in [-0.3, -0.25) is 0 Å². The number of rotatable bonds is 3. The highest BCUT2D eigenvalue weighted by Crippen LogP contribution is 2.34. The van der Waals surface area contributed by atoms with E-state index in [0.29, 0.717) is 10.8 Å². The summed E-state index contributed by atoms with van der Waals surface area (Å²) in [7, 11) is 1.64. The number of ether oxygens (including phenoxy) is 1. The Morgan fingerprint density at radius 1 is 1.19 bits per heavy atom. The van der Waals surface area contributed by atoms with Crippen molar-refractivity contribution >= 4 is 22.6 Å². The highest BCUT2D eigenvalue weighted by atomic mass is 35.5. The van der Waals surface area contributed by atoms with Gasteiger partial charge in [0, 0.05) is 10.9 Å². The second kappa shape index (κ2) is 5.43. The van der Waals surface area contributed by atoms with Crippen molar-refractivity contribution in [1.29, 1.82) is 0 Å². The van der Waals surface area contributed by atoms with Gasteiger partial charge in [-0.15, -0.1) is 0 Å². The van der Waals surface area contributed by atoms with Gasteiger partial charge in [0.15, 0.2) is 0 Å². The monoisotopic (exact) mass is 301 g/mol. The molecule has 0 saturated carbocycles. The van der Waals surface area contributed by atoms with E-state index in [-0.39, 0.29) is 0 Å². The van der Waals surface area contributed by atoms with E-state index in [1.807, 2.05) is 49.4 Å². The summed E-state index contributed by atoms with van der Waals surface area (Å²) < 4.78 is 11.2. The fraction of sp³-hybridized carbons (Fsp3) is 0.176. The zero-order valence-corrected chi connectivity index (χ0v) is 12.6. The molecular weight excluding hydrogens is 286 g/mol. The van der Waals surface area contributed by atoms with Crippen molar-refractivity contribution in [2.24, 2.45) is 5.73 Å². The Morgan fingerprint density at radius 3 is 2.71 bits per heavy atom. The Labute approximate surface area is 128 Å². The van der Waals surface area contributed by atoms with Crippen LogP contribution in [0.15, 0.2) is 46.9 Å². The second-order valence-corrected chi connectivity index (χ2v) is 5.43. The summed E-state index contributed by atoms with van der Waals surface area (Å²) in [5.41, 5.74) is 9.11. The van der Waals surface area contributed by atoms with Crippen molar-refractivity contribution in [2.45, 2.75) is 13.0 Å². The van der Waals surface area contributed by atoms with Gasteiger partial charge in [0.05, 0.1) is 18.2 Å². The van der Waals surface area contributed by atoms with Gasteiger partial charge in [0.1, 0.15) is 17.1 Å². The second-order valence-electron chi connectivity index (χ2n) is 5.02. The summed E-state index contributed by atoms with van der Waals surface area (Å²) in [5.74, 6) is 1.42. The summed E-state index contributed by atoms with van der Waals surface area (Å²) in [6.07, 6.45) is 0. The highest BCUT2D eigenvalue weighted by molar-refractivity contribution is 6.35. The third-order valence-corrected chi connectivity index (χ3v) is 3.88. The topological polar surface area (TPSA) is 48.4 Å². The van der Waals surface area contributed by atoms with Crippen LogP contribution >= 0.6 is 11.6 Å². The van der Waals surface area contributed by atoms with E-state index in [1.54, 1.807) is 7.11 Å². The van der Waals surface area contributed by atoms with Crippen molar-refractivity contribution < 1.29 is 9.15 Å². The lowest BCUT2D eigenvalue weighted by Gasteiger charge is -2.14. The Kier molecular flexibility index (Phi) is 3.62. The molecule has 0 fully saturated rings. The average molecular weight is 302 g/mol. The fourth-order valence-electron chi connectivity index (χ4n) is 2.45. The lowest BCUT2D eigenvalue weighted by Crippen LogP contribution is -2.12. The van der Waals surface area contributed by atoms with E-state index in [2.05, 4.69) is 0 Å². The van der Waals surface area contributed by atoms with Crippen LogP contribution in [0, 0.1) is 6.92 Å². The van der Waals surface area contributed by atoms with Gasteiger partial charge in [0.25, 0.3) is 0 Å². The van der Waals surface area contributed by atoms with Gasteiger partial charge in [0.2, 0.25) is 0 Å². The molecule has 0 aliphatic heterocycles. The first-order chi connectivity index (χ1) is 10.1. The minimum Gasteiger partial charge on any atom is -0.496 e. The number of hydrogen-bond donors (Lipinski definition) is 1. The average Bonchev–Trinajstić information content (AvgIpc) is 2.92. The molecule has 3 aromatic rings. The predicted octanol–water partition coefficient (Wildman–Crippen LogP) is 4.45. The number of halogens is 1. The Balaban J connectivity index is 2.10. The molecule has 0 spiro atoms. The van der Waals surface area contributed by atoms with Crippen LogP contribution in [-0.2, 0) is 0 Å². The molecule has 3 rings (SSSR count). The van der Waals surface area contributed by atoms with Crippen molar-refractivity contribution in [3.05, 3.63) is 64.4 Å². The molecule has 0 aliphatic carbocycles. The normalized spacial score (nSPS) is 12.6. The zero-order chi connectivity index (χ0) is 15.0. The molecule has 0 amide bonds. The molecule has 0 bridgehead atoms.